The van der Waals surface area contributed by atoms with Crippen LogP contribution in [0.3, 0.4) is 0 Å². The lowest BCUT2D eigenvalue weighted by Crippen LogP contribution is -2.12. The molecule has 1 aromatic heterocycles. The summed E-state index contributed by atoms with van der Waals surface area (Å²) in [5, 5.41) is 3.29. The Hall–Kier alpha value is -1.33. The fourth-order valence-corrected chi connectivity index (χ4v) is 2.28. The summed E-state index contributed by atoms with van der Waals surface area (Å²) >= 11 is 3.56. The number of nitrogens with zero attached hydrogens (tertiary/aromatic N) is 2. The molecule has 0 radical (unpaired) electrons. The van der Waals surface area contributed by atoms with Gasteiger partial charge in [0.15, 0.2) is 0 Å². The summed E-state index contributed by atoms with van der Waals surface area (Å²) in [6.45, 7) is 5.47. The minimum atomic E-state index is 0.656. The lowest BCUT2D eigenvalue weighted by atomic mass is 10.2. The van der Waals surface area contributed by atoms with Gasteiger partial charge in [-0.3, -0.25) is 4.57 Å². The molecule has 19 heavy (non-hydrogen) atoms. The largest absolute Gasteiger partial charge is 0.383 e. The van der Waals surface area contributed by atoms with Gasteiger partial charge < -0.3 is 10.1 Å². The van der Waals surface area contributed by atoms with Gasteiger partial charge in [-0.1, -0.05) is 22.0 Å². The molecular formula is C14H18BrN3O. The molecule has 2 rings (SSSR count). The number of imidazole rings is 1. The summed E-state index contributed by atoms with van der Waals surface area (Å²) < 4.78 is 8.22. The summed E-state index contributed by atoms with van der Waals surface area (Å²) in [7, 11) is 1.69. The number of anilines is 1. The van der Waals surface area contributed by atoms with Crippen LogP contribution in [-0.4, -0.2) is 29.8 Å². The Morgan fingerprint density at radius 3 is 2.89 bits per heavy atom. The van der Waals surface area contributed by atoms with Crippen LogP contribution < -0.4 is 5.32 Å². The molecule has 1 heterocycles. The summed E-state index contributed by atoms with van der Waals surface area (Å²) in [5.74, 6) is 0.843. The Morgan fingerprint density at radius 2 is 2.16 bits per heavy atom. The number of hydrogen-bond donors (Lipinski definition) is 1. The van der Waals surface area contributed by atoms with E-state index in [1.807, 2.05) is 25.3 Å². The molecule has 0 spiro atoms. The van der Waals surface area contributed by atoms with E-state index in [9.17, 15) is 0 Å². The van der Waals surface area contributed by atoms with E-state index in [-0.39, 0.29) is 0 Å². The fraction of sp³-hybridized carbons (Fsp3) is 0.357. The van der Waals surface area contributed by atoms with E-state index < -0.39 is 0 Å². The Balaban J connectivity index is 2.35. The van der Waals surface area contributed by atoms with Gasteiger partial charge in [0, 0.05) is 24.3 Å². The van der Waals surface area contributed by atoms with Gasteiger partial charge in [-0.15, -0.1) is 0 Å². The van der Waals surface area contributed by atoms with Gasteiger partial charge >= 0.3 is 0 Å². The van der Waals surface area contributed by atoms with Gasteiger partial charge in [-0.05, 0) is 31.5 Å². The molecule has 1 aromatic carbocycles. The molecule has 4 nitrogen and oxygen atoms in total. The first-order valence-corrected chi connectivity index (χ1v) is 6.97. The normalized spacial score (nSPS) is 10.7. The van der Waals surface area contributed by atoms with Gasteiger partial charge in [0.1, 0.15) is 0 Å². The third-order valence-electron chi connectivity index (χ3n) is 2.91. The second-order valence-corrected chi connectivity index (χ2v) is 5.23. The Kier molecular flexibility index (Phi) is 4.61. The molecule has 102 valence electrons. The highest BCUT2D eigenvalue weighted by Gasteiger charge is 2.10. The highest BCUT2D eigenvalue weighted by atomic mass is 79.9. The third kappa shape index (κ3) is 3.16. The van der Waals surface area contributed by atoms with Gasteiger partial charge in [0.2, 0.25) is 5.95 Å². The van der Waals surface area contributed by atoms with Gasteiger partial charge in [0.25, 0.3) is 0 Å². The number of aryl methyl sites for hydroxylation is 1. The SMILES string of the molecule is COCCNc1nc(C)cn1-c1cccc(Br)c1C. The van der Waals surface area contributed by atoms with Crippen LogP contribution in [0.2, 0.25) is 0 Å². The first-order chi connectivity index (χ1) is 9.13. The lowest BCUT2D eigenvalue weighted by molar-refractivity contribution is 0.210. The summed E-state index contributed by atoms with van der Waals surface area (Å²) in [5.41, 5.74) is 3.30. The third-order valence-corrected chi connectivity index (χ3v) is 3.77. The highest BCUT2D eigenvalue weighted by molar-refractivity contribution is 9.10. The van der Waals surface area contributed by atoms with Crippen LogP contribution in [-0.2, 0) is 4.74 Å². The number of ether oxygens (including phenoxy) is 1. The zero-order valence-electron chi connectivity index (χ0n) is 11.4. The minimum Gasteiger partial charge on any atom is -0.383 e. The Bertz CT molecular complexity index is 566. The van der Waals surface area contributed by atoms with Crippen molar-refractivity contribution in [3.63, 3.8) is 0 Å². The molecular weight excluding hydrogens is 306 g/mol. The number of methoxy groups -OCH3 is 1. The second kappa shape index (κ2) is 6.21. The molecule has 0 aliphatic heterocycles. The topological polar surface area (TPSA) is 39.1 Å². The molecule has 0 saturated heterocycles. The van der Waals surface area contributed by atoms with Crippen LogP contribution in [0.25, 0.3) is 5.69 Å². The quantitative estimate of drug-likeness (QED) is 0.858. The maximum absolute atomic E-state index is 5.05. The molecule has 0 bridgehead atoms. The van der Waals surface area contributed by atoms with Crippen LogP contribution in [0.4, 0.5) is 5.95 Å². The molecule has 0 atom stereocenters. The first-order valence-electron chi connectivity index (χ1n) is 6.17. The van der Waals surface area contributed by atoms with E-state index in [2.05, 4.69) is 43.8 Å². The van der Waals surface area contributed by atoms with Crippen molar-refractivity contribution >= 4 is 21.9 Å². The van der Waals surface area contributed by atoms with Crippen LogP contribution in [0.15, 0.2) is 28.9 Å². The standard InChI is InChI=1S/C14H18BrN3O/c1-10-9-18(14(17-10)16-7-8-19-3)13-6-4-5-12(15)11(13)2/h4-6,9H,7-8H2,1-3H3,(H,16,17). The summed E-state index contributed by atoms with van der Waals surface area (Å²) in [4.78, 5) is 4.51. The molecule has 0 aliphatic rings. The van der Waals surface area contributed by atoms with Crippen molar-refractivity contribution in [2.75, 3.05) is 25.6 Å². The highest BCUT2D eigenvalue weighted by Crippen LogP contribution is 2.25. The predicted octanol–water partition coefficient (Wildman–Crippen LogP) is 3.31. The van der Waals surface area contributed by atoms with E-state index in [1.54, 1.807) is 7.11 Å². The van der Waals surface area contributed by atoms with Crippen molar-refractivity contribution in [1.82, 2.24) is 9.55 Å². The fourth-order valence-electron chi connectivity index (χ4n) is 1.93. The summed E-state index contributed by atoms with van der Waals surface area (Å²) in [6, 6.07) is 6.16. The number of rotatable bonds is 5. The average molecular weight is 324 g/mol. The van der Waals surface area contributed by atoms with Gasteiger partial charge in [-0.25, -0.2) is 4.98 Å². The van der Waals surface area contributed by atoms with Crippen LogP contribution in [0, 0.1) is 13.8 Å². The molecule has 0 saturated carbocycles. The molecule has 0 amide bonds. The van der Waals surface area contributed by atoms with Crippen molar-refractivity contribution in [3.05, 3.63) is 40.1 Å². The molecule has 0 aliphatic carbocycles. The molecule has 0 unspecified atom stereocenters. The van der Waals surface area contributed by atoms with Crippen molar-refractivity contribution < 1.29 is 4.74 Å². The average Bonchev–Trinajstić information content (AvgIpc) is 2.74. The lowest BCUT2D eigenvalue weighted by Gasteiger charge is -2.12. The van der Waals surface area contributed by atoms with Crippen LogP contribution >= 0.6 is 15.9 Å². The van der Waals surface area contributed by atoms with Crippen molar-refractivity contribution in [1.29, 1.82) is 0 Å². The number of halogens is 1. The molecule has 0 fully saturated rings. The van der Waals surface area contributed by atoms with E-state index in [1.165, 1.54) is 5.56 Å². The minimum absolute atomic E-state index is 0.656. The van der Waals surface area contributed by atoms with Gasteiger partial charge in [0.05, 0.1) is 18.0 Å². The van der Waals surface area contributed by atoms with E-state index >= 15 is 0 Å². The zero-order valence-corrected chi connectivity index (χ0v) is 13.0. The van der Waals surface area contributed by atoms with E-state index in [0.29, 0.717) is 6.61 Å². The number of nitrogens with one attached hydrogen (secondary N) is 1. The second-order valence-electron chi connectivity index (χ2n) is 4.38. The smallest absolute Gasteiger partial charge is 0.207 e. The molecule has 5 heteroatoms. The van der Waals surface area contributed by atoms with Crippen LogP contribution in [0.1, 0.15) is 11.3 Å². The monoisotopic (exact) mass is 323 g/mol. The Morgan fingerprint density at radius 1 is 1.37 bits per heavy atom. The zero-order chi connectivity index (χ0) is 13.8. The van der Waals surface area contributed by atoms with Crippen molar-refractivity contribution in [2.45, 2.75) is 13.8 Å². The Labute approximate surface area is 121 Å². The number of benzene rings is 1. The predicted molar refractivity (Wildman–Crippen MR) is 81.1 cm³/mol. The molecule has 1 N–H and O–H groups in total. The van der Waals surface area contributed by atoms with Crippen LogP contribution in [0.5, 0.6) is 0 Å². The maximum atomic E-state index is 5.05. The maximum Gasteiger partial charge on any atom is 0.207 e. The van der Waals surface area contributed by atoms with Gasteiger partial charge in [-0.2, -0.15) is 0 Å². The summed E-state index contributed by atoms with van der Waals surface area (Å²) in [6.07, 6.45) is 2.03. The number of aromatic nitrogens is 2. The van der Waals surface area contributed by atoms with E-state index in [4.69, 9.17) is 4.74 Å². The van der Waals surface area contributed by atoms with Crippen molar-refractivity contribution in [3.8, 4) is 5.69 Å². The molecule has 2 aromatic rings. The first kappa shape index (κ1) is 14.1. The van der Waals surface area contributed by atoms with Crippen molar-refractivity contribution in [2.24, 2.45) is 0 Å². The number of hydrogen-bond acceptors (Lipinski definition) is 3. The van der Waals surface area contributed by atoms with E-state index in [0.717, 1.165) is 28.3 Å².